The first kappa shape index (κ1) is 22.7. The Morgan fingerprint density at radius 2 is 1.86 bits per heavy atom. The number of methoxy groups -OCH3 is 1. The monoisotopic (exact) mass is 485 g/mol. The van der Waals surface area contributed by atoms with Gasteiger partial charge in [-0.15, -0.1) is 10.2 Å². The number of thioether (sulfide) groups is 1. The standard InChI is InChI=1S/C26H23N5O3S/c1-16-11-12-17(2)22(13-16)30-24(33)20-9-4-5-10-21(20)31-25(30)28-29-26(31)35-15-23(32)27-18-7-6-8-19(14-18)34-3/h4-14H,15H2,1-3H3,(H,27,32). The molecule has 35 heavy (non-hydrogen) atoms. The number of hydrogen-bond donors (Lipinski definition) is 1. The van der Waals surface area contributed by atoms with Crippen LogP contribution < -0.4 is 15.6 Å². The van der Waals surface area contributed by atoms with Crippen LogP contribution >= 0.6 is 11.8 Å². The van der Waals surface area contributed by atoms with E-state index in [1.165, 1.54) is 11.8 Å². The number of fused-ring (bicyclic) bond motifs is 3. The molecular formula is C26H23N5O3S. The van der Waals surface area contributed by atoms with Crippen LogP contribution in [0, 0.1) is 13.8 Å². The number of carbonyl (C=O) groups is 1. The smallest absolute Gasteiger partial charge is 0.267 e. The molecule has 0 aliphatic rings. The SMILES string of the molecule is COc1cccc(NC(=O)CSc2nnc3n(-c4cc(C)ccc4C)c(=O)c4ccccc4n23)c1. The van der Waals surface area contributed by atoms with Gasteiger partial charge in [-0.25, -0.2) is 4.57 Å². The summed E-state index contributed by atoms with van der Waals surface area (Å²) in [5, 5.41) is 12.7. The lowest BCUT2D eigenvalue weighted by atomic mass is 10.1. The van der Waals surface area contributed by atoms with Crippen molar-refractivity contribution >= 4 is 40.0 Å². The number of aryl methyl sites for hydroxylation is 2. The molecule has 8 nitrogen and oxygen atoms in total. The number of nitrogens with one attached hydrogen (secondary N) is 1. The van der Waals surface area contributed by atoms with Crippen molar-refractivity contribution in [1.29, 1.82) is 0 Å². The van der Waals surface area contributed by atoms with E-state index in [2.05, 4.69) is 15.5 Å². The summed E-state index contributed by atoms with van der Waals surface area (Å²) in [6.07, 6.45) is 0. The van der Waals surface area contributed by atoms with Gasteiger partial charge in [0.15, 0.2) is 5.16 Å². The Kier molecular flexibility index (Phi) is 6.00. The fraction of sp³-hybridized carbons (Fsp3) is 0.154. The Hall–Kier alpha value is -4.11. The second kappa shape index (κ2) is 9.27. The highest BCUT2D eigenvalue weighted by Gasteiger charge is 2.19. The van der Waals surface area contributed by atoms with Crippen LogP contribution in [0.2, 0.25) is 0 Å². The third-order valence-corrected chi connectivity index (χ3v) is 6.62. The molecule has 0 unspecified atom stereocenters. The van der Waals surface area contributed by atoms with Crippen molar-refractivity contribution in [2.45, 2.75) is 19.0 Å². The highest BCUT2D eigenvalue weighted by Crippen LogP contribution is 2.25. The Balaban J connectivity index is 1.55. The van der Waals surface area contributed by atoms with E-state index >= 15 is 0 Å². The van der Waals surface area contributed by atoms with Gasteiger partial charge in [0.2, 0.25) is 11.7 Å². The van der Waals surface area contributed by atoms with Crippen LogP contribution in [-0.4, -0.2) is 37.9 Å². The van der Waals surface area contributed by atoms with E-state index in [1.54, 1.807) is 29.9 Å². The molecule has 5 rings (SSSR count). The van der Waals surface area contributed by atoms with Gasteiger partial charge >= 0.3 is 0 Å². The largest absolute Gasteiger partial charge is 0.497 e. The maximum Gasteiger partial charge on any atom is 0.267 e. The van der Waals surface area contributed by atoms with Gasteiger partial charge in [-0.05, 0) is 55.3 Å². The highest BCUT2D eigenvalue weighted by molar-refractivity contribution is 7.99. The van der Waals surface area contributed by atoms with E-state index in [1.807, 2.05) is 66.8 Å². The third kappa shape index (κ3) is 4.26. The summed E-state index contributed by atoms with van der Waals surface area (Å²) in [6.45, 7) is 3.94. The molecule has 1 amide bonds. The number of amides is 1. The summed E-state index contributed by atoms with van der Waals surface area (Å²) in [6, 6.07) is 20.5. The van der Waals surface area contributed by atoms with E-state index in [-0.39, 0.29) is 17.2 Å². The number of benzene rings is 3. The molecule has 0 saturated carbocycles. The van der Waals surface area contributed by atoms with Crippen LogP contribution in [0.15, 0.2) is 76.7 Å². The molecule has 0 spiro atoms. The summed E-state index contributed by atoms with van der Waals surface area (Å²) in [5.41, 5.74) is 3.91. The average Bonchev–Trinajstić information content (AvgIpc) is 3.29. The van der Waals surface area contributed by atoms with Gasteiger partial charge < -0.3 is 10.1 Å². The Labute approximate surface area is 205 Å². The van der Waals surface area contributed by atoms with Gasteiger partial charge in [-0.3, -0.25) is 14.0 Å². The second-order valence-electron chi connectivity index (χ2n) is 8.13. The van der Waals surface area contributed by atoms with Crippen LogP contribution in [0.4, 0.5) is 5.69 Å². The number of carbonyl (C=O) groups excluding carboxylic acids is 1. The summed E-state index contributed by atoms with van der Waals surface area (Å²) in [7, 11) is 1.58. The first-order valence-electron chi connectivity index (χ1n) is 11.0. The first-order valence-corrected chi connectivity index (χ1v) is 12.0. The first-order chi connectivity index (χ1) is 17.0. The van der Waals surface area contributed by atoms with E-state index in [0.29, 0.717) is 33.3 Å². The number of rotatable bonds is 6. The van der Waals surface area contributed by atoms with Gasteiger partial charge in [0.25, 0.3) is 5.56 Å². The van der Waals surface area contributed by atoms with E-state index in [9.17, 15) is 9.59 Å². The minimum absolute atomic E-state index is 0.120. The molecule has 3 aromatic carbocycles. The number of ether oxygens (including phenoxy) is 1. The highest BCUT2D eigenvalue weighted by atomic mass is 32.2. The van der Waals surface area contributed by atoms with Gasteiger partial charge in [0.1, 0.15) is 5.75 Å². The summed E-state index contributed by atoms with van der Waals surface area (Å²) >= 11 is 1.26. The molecule has 9 heteroatoms. The maximum absolute atomic E-state index is 13.5. The molecule has 2 aromatic heterocycles. The summed E-state index contributed by atoms with van der Waals surface area (Å²) < 4.78 is 8.64. The van der Waals surface area contributed by atoms with Gasteiger partial charge in [-0.2, -0.15) is 0 Å². The van der Waals surface area contributed by atoms with Crippen molar-refractivity contribution in [3.05, 3.63) is 88.2 Å². The molecule has 0 atom stereocenters. The molecule has 0 aliphatic carbocycles. The third-order valence-electron chi connectivity index (χ3n) is 5.69. The zero-order chi connectivity index (χ0) is 24.5. The zero-order valence-corrected chi connectivity index (χ0v) is 20.3. The van der Waals surface area contributed by atoms with E-state index < -0.39 is 0 Å². The lowest BCUT2D eigenvalue weighted by molar-refractivity contribution is -0.113. The average molecular weight is 486 g/mol. The van der Waals surface area contributed by atoms with Crippen molar-refractivity contribution in [1.82, 2.24) is 19.2 Å². The minimum atomic E-state index is -0.188. The molecule has 0 radical (unpaired) electrons. The van der Waals surface area contributed by atoms with Crippen LogP contribution in [0.25, 0.3) is 22.4 Å². The molecule has 0 fully saturated rings. The van der Waals surface area contributed by atoms with Crippen molar-refractivity contribution in [2.75, 3.05) is 18.2 Å². The topological polar surface area (TPSA) is 90.5 Å². The number of anilines is 1. The molecule has 5 aromatic rings. The van der Waals surface area contributed by atoms with Crippen molar-refractivity contribution < 1.29 is 9.53 Å². The van der Waals surface area contributed by atoms with Crippen molar-refractivity contribution in [2.24, 2.45) is 0 Å². The van der Waals surface area contributed by atoms with Crippen LogP contribution in [0.3, 0.4) is 0 Å². The van der Waals surface area contributed by atoms with Crippen LogP contribution in [0.5, 0.6) is 5.75 Å². The second-order valence-corrected chi connectivity index (χ2v) is 9.08. The summed E-state index contributed by atoms with van der Waals surface area (Å²) in [5.74, 6) is 0.995. The number of para-hydroxylation sites is 1. The quantitative estimate of drug-likeness (QED) is 0.359. The zero-order valence-electron chi connectivity index (χ0n) is 19.5. The fourth-order valence-electron chi connectivity index (χ4n) is 3.98. The lowest BCUT2D eigenvalue weighted by Gasteiger charge is -2.14. The predicted octanol–water partition coefficient (Wildman–Crippen LogP) is 4.39. The number of nitrogens with zero attached hydrogens (tertiary/aromatic N) is 4. The normalized spacial score (nSPS) is 11.2. The van der Waals surface area contributed by atoms with E-state index in [4.69, 9.17) is 4.74 Å². The predicted molar refractivity (Wildman–Crippen MR) is 138 cm³/mol. The van der Waals surface area contributed by atoms with Gasteiger partial charge in [-0.1, -0.05) is 42.1 Å². The Morgan fingerprint density at radius 3 is 2.69 bits per heavy atom. The minimum Gasteiger partial charge on any atom is -0.497 e. The van der Waals surface area contributed by atoms with E-state index in [0.717, 1.165) is 16.8 Å². The molecule has 0 saturated heterocycles. The molecule has 0 bridgehead atoms. The van der Waals surface area contributed by atoms with Crippen molar-refractivity contribution in [3.63, 3.8) is 0 Å². The molecule has 0 aliphatic heterocycles. The number of hydrogen-bond acceptors (Lipinski definition) is 6. The Morgan fingerprint density at radius 1 is 1.03 bits per heavy atom. The summed E-state index contributed by atoms with van der Waals surface area (Å²) in [4.78, 5) is 26.2. The molecule has 1 N–H and O–H groups in total. The van der Waals surface area contributed by atoms with Crippen LogP contribution in [0.1, 0.15) is 11.1 Å². The van der Waals surface area contributed by atoms with Crippen molar-refractivity contribution in [3.8, 4) is 11.4 Å². The molecule has 176 valence electrons. The Bertz CT molecular complexity index is 1640. The maximum atomic E-state index is 13.5. The molecular weight excluding hydrogens is 462 g/mol. The van der Waals surface area contributed by atoms with Gasteiger partial charge in [0, 0.05) is 11.8 Å². The lowest BCUT2D eigenvalue weighted by Crippen LogP contribution is -2.22. The molecule has 2 heterocycles. The van der Waals surface area contributed by atoms with Gasteiger partial charge in [0.05, 0.1) is 29.5 Å². The van der Waals surface area contributed by atoms with Crippen LogP contribution in [-0.2, 0) is 4.79 Å². The number of aromatic nitrogens is 4. The fourth-order valence-corrected chi connectivity index (χ4v) is 4.72.